The molecule has 2 aromatic rings. The number of guanidine groups is 1. The Morgan fingerprint density at radius 1 is 1.28 bits per heavy atom. The van der Waals surface area contributed by atoms with Crippen molar-refractivity contribution < 1.29 is 0 Å². The molecule has 2 heterocycles. The Bertz CT molecular complexity index is 714. The Balaban J connectivity index is 1.61. The third-order valence-electron chi connectivity index (χ3n) is 4.78. The molecule has 0 amide bonds. The molecule has 1 unspecified atom stereocenters. The van der Waals surface area contributed by atoms with Crippen molar-refractivity contribution in [3.05, 3.63) is 47.8 Å². The van der Waals surface area contributed by atoms with Crippen molar-refractivity contribution in [3.63, 3.8) is 0 Å². The second kappa shape index (κ2) is 8.05. The van der Waals surface area contributed by atoms with E-state index in [4.69, 9.17) is 0 Å². The van der Waals surface area contributed by atoms with E-state index < -0.39 is 0 Å². The van der Waals surface area contributed by atoms with Crippen molar-refractivity contribution in [3.8, 4) is 0 Å². The molecule has 0 radical (unpaired) electrons. The first kappa shape index (κ1) is 17.3. The van der Waals surface area contributed by atoms with Gasteiger partial charge in [-0.05, 0) is 43.5 Å². The largest absolute Gasteiger partial charge is 0.372 e. The highest BCUT2D eigenvalue weighted by Crippen LogP contribution is 2.23. The number of nitrogens with zero attached hydrogens (tertiary/aromatic N) is 4. The zero-order chi connectivity index (χ0) is 17.6. The van der Waals surface area contributed by atoms with Crippen LogP contribution >= 0.6 is 0 Å². The Hall–Kier alpha value is -2.50. The molecule has 1 atom stereocenters. The summed E-state index contributed by atoms with van der Waals surface area (Å²) in [4.78, 5) is 6.80. The minimum Gasteiger partial charge on any atom is -0.372 e. The van der Waals surface area contributed by atoms with E-state index in [-0.39, 0.29) is 6.04 Å². The van der Waals surface area contributed by atoms with E-state index >= 15 is 0 Å². The van der Waals surface area contributed by atoms with Gasteiger partial charge in [0.05, 0.1) is 18.3 Å². The summed E-state index contributed by atoms with van der Waals surface area (Å²) in [5.41, 5.74) is 3.71. The highest BCUT2D eigenvalue weighted by atomic mass is 15.3. The van der Waals surface area contributed by atoms with Gasteiger partial charge in [-0.2, -0.15) is 5.10 Å². The van der Waals surface area contributed by atoms with Crippen LogP contribution in [0.5, 0.6) is 0 Å². The molecule has 6 nitrogen and oxygen atoms in total. The van der Waals surface area contributed by atoms with E-state index in [2.05, 4.69) is 56.8 Å². The summed E-state index contributed by atoms with van der Waals surface area (Å²) in [6.07, 6.45) is 4.39. The zero-order valence-corrected chi connectivity index (χ0v) is 15.4. The number of benzene rings is 1. The molecule has 134 valence electrons. The molecular formula is C19H28N6. The molecule has 0 bridgehead atoms. The Labute approximate surface area is 149 Å². The van der Waals surface area contributed by atoms with Crippen molar-refractivity contribution >= 4 is 11.6 Å². The third kappa shape index (κ3) is 4.32. The van der Waals surface area contributed by atoms with Crippen LogP contribution in [-0.4, -0.2) is 35.9 Å². The molecule has 1 aliphatic rings. The summed E-state index contributed by atoms with van der Waals surface area (Å²) in [5.74, 6) is 0.792. The maximum Gasteiger partial charge on any atom is 0.191 e. The number of aliphatic imine (C=N–C) groups is 1. The molecule has 0 saturated carbocycles. The van der Waals surface area contributed by atoms with Gasteiger partial charge < -0.3 is 15.5 Å². The summed E-state index contributed by atoms with van der Waals surface area (Å²) in [7, 11) is 3.74. The first-order chi connectivity index (χ1) is 12.2. The normalized spacial score (nSPS) is 16.1. The van der Waals surface area contributed by atoms with Crippen LogP contribution in [0.4, 0.5) is 5.69 Å². The predicted molar refractivity (Wildman–Crippen MR) is 103 cm³/mol. The van der Waals surface area contributed by atoms with E-state index in [1.165, 1.54) is 37.2 Å². The lowest BCUT2D eigenvalue weighted by atomic mass is 10.1. The van der Waals surface area contributed by atoms with Gasteiger partial charge in [-0.25, -0.2) is 0 Å². The molecule has 1 aromatic carbocycles. The van der Waals surface area contributed by atoms with E-state index in [1.807, 2.05) is 17.8 Å². The molecule has 1 aromatic heterocycles. The molecule has 6 heteroatoms. The van der Waals surface area contributed by atoms with Crippen molar-refractivity contribution in [2.75, 3.05) is 25.0 Å². The fourth-order valence-corrected chi connectivity index (χ4v) is 3.20. The van der Waals surface area contributed by atoms with Gasteiger partial charge in [0.15, 0.2) is 5.96 Å². The molecule has 3 rings (SSSR count). The van der Waals surface area contributed by atoms with Gasteiger partial charge in [0.1, 0.15) is 0 Å². The Morgan fingerprint density at radius 2 is 2.08 bits per heavy atom. The van der Waals surface area contributed by atoms with Gasteiger partial charge in [-0.3, -0.25) is 9.67 Å². The molecule has 0 spiro atoms. The van der Waals surface area contributed by atoms with Crippen LogP contribution in [0.2, 0.25) is 0 Å². The lowest BCUT2D eigenvalue weighted by Gasteiger charge is -2.22. The average molecular weight is 340 g/mol. The minimum atomic E-state index is 0.181. The van der Waals surface area contributed by atoms with Gasteiger partial charge in [0.2, 0.25) is 0 Å². The molecular weight excluding hydrogens is 312 g/mol. The fraction of sp³-hybridized carbons (Fsp3) is 0.474. The van der Waals surface area contributed by atoms with Gasteiger partial charge in [-0.1, -0.05) is 12.1 Å². The fourth-order valence-electron chi connectivity index (χ4n) is 3.20. The molecule has 2 N–H and O–H groups in total. The van der Waals surface area contributed by atoms with Gasteiger partial charge in [-0.15, -0.1) is 0 Å². The topological polar surface area (TPSA) is 57.5 Å². The van der Waals surface area contributed by atoms with E-state index in [0.717, 1.165) is 11.7 Å². The summed E-state index contributed by atoms with van der Waals surface area (Å²) in [6.45, 7) is 5.19. The number of anilines is 1. The Morgan fingerprint density at radius 3 is 2.76 bits per heavy atom. The van der Waals surface area contributed by atoms with Crippen molar-refractivity contribution in [1.29, 1.82) is 0 Å². The van der Waals surface area contributed by atoms with Crippen molar-refractivity contribution in [2.45, 2.75) is 32.4 Å². The monoisotopic (exact) mass is 340 g/mol. The van der Waals surface area contributed by atoms with Crippen molar-refractivity contribution in [2.24, 2.45) is 12.0 Å². The van der Waals surface area contributed by atoms with Crippen LogP contribution < -0.4 is 15.5 Å². The first-order valence-electron chi connectivity index (χ1n) is 8.96. The van der Waals surface area contributed by atoms with Crippen LogP contribution in [0.3, 0.4) is 0 Å². The maximum atomic E-state index is 4.34. The maximum absolute atomic E-state index is 4.34. The highest BCUT2D eigenvalue weighted by Gasteiger charge is 2.14. The zero-order valence-electron chi connectivity index (χ0n) is 15.4. The van der Waals surface area contributed by atoms with E-state index in [0.29, 0.717) is 6.54 Å². The minimum absolute atomic E-state index is 0.181. The van der Waals surface area contributed by atoms with Gasteiger partial charge in [0, 0.05) is 39.1 Å². The molecule has 25 heavy (non-hydrogen) atoms. The first-order valence-corrected chi connectivity index (χ1v) is 8.96. The lowest BCUT2D eigenvalue weighted by Crippen LogP contribution is -2.38. The average Bonchev–Trinajstić information content (AvgIpc) is 3.30. The standard InChI is InChI=1S/C19H28N6/c1-15(16-7-6-8-17(13-16)25-11-4-5-12-25)23-19(20-2)21-14-18-9-10-22-24(18)3/h6-10,13,15H,4-5,11-12,14H2,1-3H3,(H2,20,21,23). The highest BCUT2D eigenvalue weighted by molar-refractivity contribution is 5.80. The third-order valence-corrected chi connectivity index (χ3v) is 4.78. The van der Waals surface area contributed by atoms with Gasteiger partial charge in [0.25, 0.3) is 0 Å². The van der Waals surface area contributed by atoms with E-state index in [1.54, 1.807) is 13.2 Å². The number of nitrogens with one attached hydrogen (secondary N) is 2. The van der Waals surface area contributed by atoms with Crippen LogP contribution in [0, 0.1) is 0 Å². The summed E-state index contributed by atoms with van der Waals surface area (Å²) >= 11 is 0. The van der Waals surface area contributed by atoms with Crippen LogP contribution in [-0.2, 0) is 13.6 Å². The van der Waals surface area contributed by atoms with Crippen molar-refractivity contribution in [1.82, 2.24) is 20.4 Å². The molecule has 1 fully saturated rings. The number of aryl methyl sites for hydroxylation is 1. The van der Waals surface area contributed by atoms with Gasteiger partial charge >= 0.3 is 0 Å². The second-order valence-electron chi connectivity index (χ2n) is 6.53. The summed E-state index contributed by atoms with van der Waals surface area (Å²) < 4.78 is 1.86. The van der Waals surface area contributed by atoms with Crippen LogP contribution in [0.15, 0.2) is 41.5 Å². The quantitative estimate of drug-likeness (QED) is 0.648. The smallest absolute Gasteiger partial charge is 0.191 e. The lowest BCUT2D eigenvalue weighted by molar-refractivity contribution is 0.659. The molecule has 1 saturated heterocycles. The predicted octanol–water partition coefficient (Wildman–Crippen LogP) is 2.45. The molecule has 0 aliphatic carbocycles. The summed E-state index contributed by atoms with van der Waals surface area (Å²) in [6, 6.07) is 11.0. The second-order valence-corrected chi connectivity index (χ2v) is 6.53. The summed E-state index contributed by atoms with van der Waals surface area (Å²) in [5, 5.41) is 11.0. The number of rotatable bonds is 5. The van der Waals surface area contributed by atoms with E-state index in [9.17, 15) is 0 Å². The Kier molecular flexibility index (Phi) is 5.58. The number of hydrogen-bond acceptors (Lipinski definition) is 3. The number of aromatic nitrogens is 2. The number of hydrogen-bond donors (Lipinski definition) is 2. The van der Waals surface area contributed by atoms with Crippen LogP contribution in [0.25, 0.3) is 0 Å². The van der Waals surface area contributed by atoms with Crippen LogP contribution in [0.1, 0.15) is 37.1 Å². The molecule has 1 aliphatic heterocycles. The SMILES string of the molecule is CN=C(NCc1ccnn1C)NC(C)c1cccc(N2CCCC2)c1.